The summed E-state index contributed by atoms with van der Waals surface area (Å²) in [4.78, 5) is 11.8. The number of aryl methyl sites for hydroxylation is 2. The van der Waals surface area contributed by atoms with Gasteiger partial charge >= 0.3 is 0 Å². The molecular weight excluding hydrogens is 346 g/mol. The van der Waals surface area contributed by atoms with Crippen molar-refractivity contribution in [3.8, 4) is 0 Å². The van der Waals surface area contributed by atoms with Crippen molar-refractivity contribution in [2.45, 2.75) is 26.4 Å². The molecule has 0 bridgehead atoms. The number of nitrogens with zero attached hydrogens (tertiary/aromatic N) is 4. The third kappa shape index (κ3) is 3.40. The van der Waals surface area contributed by atoms with E-state index in [2.05, 4.69) is 31.4 Å². The van der Waals surface area contributed by atoms with Gasteiger partial charge in [0.25, 0.3) is 0 Å². The molecule has 0 fully saturated rings. The Hall–Kier alpha value is -1.34. The van der Waals surface area contributed by atoms with Crippen LogP contribution in [-0.2, 0) is 24.9 Å². The average Bonchev–Trinajstić information content (AvgIpc) is 2.90. The smallest absolute Gasteiger partial charge is 0.222 e. The van der Waals surface area contributed by atoms with E-state index in [-0.39, 0.29) is 5.91 Å². The molecule has 0 aromatic carbocycles. The second-order valence-corrected chi connectivity index (χ2v) is 5.65. The monoisotopic (exact) mass is 359 g/mol. The summed E-state index contributed by atoms with van der Waals surface area (Å²) >= 11 is 9.36. The van der Waals surface area contributed by atoms with Crippen LogP contribution in [0.1, 0.15) is 17.8 Å². The first-order chi connectivity index (χ1) is 9.49. The fourth-order valence-corrected chi connectivity index (χ4v) is 2.29. The Morgan fingerprint density at radius 3 is 2.75 bits per heavy atom. The molecule has 0 aliphatic heterocycles. The highest BCUT2D eigenvalue weighted by molar-refractivity contribution is 9.10. The summed E-state index contributed by atoms with van der Waals surface area (Å²) in [6.07, 6.45) is 3.65. The normalized spacial score (nSPS) is 10.8. The summed E-state index contributed by atoms with van der Waals surface area (Å²) in [6, 6.07) is 0. The molecule has 2 aromatic heterocycles. The summed E-state index contributed by atoms with van der Waals surface area (Å²) in [5.41, 5.74) is 1.80. The van der Waals surface area contributed by atoms with Crippen LogP contribution in [-0.4, -0.2) is 25.5 Å². The zero-order valence-electron chi connectivity index (χ0n) is 11.2. The second-order valence-electron chi connectivity index (χ2n) is 4.39. The molecule has 6 nitrogen and oxygen atoms in total. The lowest BCUT2D eigenvalue weighted by Gasteiger charge is -2.07. The van der Waals surface area contributed by atoms with Gasteiger partial charge in [-0.25, -0.2) is 0 Å². The fraction of sp³-hybridized carbons (Fsp3) is 0.417. The highest BCUT2D eigenvalue weighted by Gasteiger charge is 2.09. The molecule has 0 radical (unpaired) electrons. The fourth-order valence-electron chi connectivity index (χ4n) is 1.76. The molecule has 2 rings (SSSR count). The Labute approximate surface area is 130 Å². The first kappa shape index (κ1) is 15.1. The summed E-state index contributed by atoms with van der Waals surface area (Å²) in [5, 5.41) is 11.6. The van der Waals surface area contributed by atoms with Gasteiger partial charge in [-0.1, -0.05) is 11.6 Å². The van der Waals surface area contributed by atoms with Crippen LogP contribution in [0.25, 0.3) is 0 Å². The molecule has 108 valence electrons. The van der Waals surface area contributed by atoms with Gasteiger partial charge < -0.3 is 5.32 Å². The van der Waals surface area contributed by atoms with Gasteiger partial charge in [-0.2, -0.15) is 10.2 Å². The van der Waals surface area contributed by atoms with Gasteiger partial charge in [0.2, 0.25) is 5.91 Å². The summed E-state index contributed by atoms with van der Waals surface area (Å²) in [7, 11) is 1.79. The zero-order valence-corrected chi connectivity index (χ0v) is 13.6. The molecule has 0 aliphatic carbocycles. The summed E-state index contributed by atoms with van der Waals surface area (Å²) < 4.78 is 4.39. The third-order valence-corrected chi connectivity index (χ3v) is 4.15. The van der Waals surface area contributed by atoms with Crippen LogP contribution in [0.2, 0.25) is 5.02 Å². The van der Waals surface area contributed by atoms with E-state index < -0.39 is 0 Å². The molecule has 2 aromatic rings. The number of rotatable bonds is 5. The van der Waals surface area contributed by atoms with Crippen molar-refractivity contribution in [2.24, 2.45) is 7.05 Å². The van der Waals surface area contributed by atoms with Crippen LogP contribution in [0.3, 0.4) is 0 Å². The second kappa shape index (κ2) is 6.41. The minimum atomic E-state index is -0.0479. The van der Waals surface area contributed by atoms with Crippen LogP contribution in [0.5, 0.6) is 0 Å². The summed E-state index contributed by atoms with van der Waals surface area (Å²) in [6.45, 7) is 2.86. The van der Waals surface area contributed by atoms with E-state index in [1.165, 1.54) is 0 Å². The lowest BCUT2D eigenvalue weighted by Crippen LogP contribution is -2.25. The molecule has 8 heteroatoms. The number of nitrogens with one attached hydrogen (secondary N) is 1. The van der Waals surface area contributed by atoms with Gasteiger partial charge in [-0.05, 0) is 22.9 Å². The average molecular weight is 361 g/mol. The van der Waals surface area contributed by atoms with Crippen LogP contribution >= 0.6 is 27.5 Å². The first-order valence-corrected chi connectivity index (χ1v) is 7.27. The van der Waals surface area contributed by atoms with Crippen molar-refractivity contribution in [1.29, 1.82) is 0 Å². The molecule has 0 saturated carbocycles. The third-order valence-electron chi connectivity index (χ3n) is 3.06. The summed E-state index contributed by atoms with van der Waals surface area (Å²) in [5.74, 6) is -0.0479. The maximum Gasteiger partial charge on any atom is 0.222 e. The van der Waals surface area contributed by atoms with E-state index in [0.717, 1.165) is 15.9 Å². The van der Waals surface area contributed by atoms with E-state index in [0.29, 0.717) is 24.5 Å². The Bertz CT molecular complexity index is 602. The largest absolute Gasteiger partial charge is 0.350 e. The molecule has 1 amide bonds. The van der Waals surface area contributed by atoms with Gasteiger partial charge in [0.05, 0.1) is 34.1 Å². The topological polar surface area (TPSA) is 64.7 Å². The first-order valence-electron chi connectivity index (χ1n) is 6.10. The van der Waals surface area contributed by atoms with Crippen LogP contribution in [0, 0.1) is 6.92 Å². The molecule has 0 aliphatic rings. The van der Waals surface area contributed by atoms with Crippen LogP contribution in [0.15, 0.2) is 16.9 Å². The highest BCUT2D eigenvalue weighted by atomic mass is 79.9. The molecule has 0 saturated heterocycles. The van der Waals surface area contributed by atoms with Gasteiger partial charge in [0, 0.05) is 25.7 Å². The standard InChI is InChI=1S/C12H15BrClN5O/c1-8-9(13)5-17-19(8)4-3-12(20)15-7-11-10(14)6-16-18(11)2/h5-6H,3-4,7H2,1-2H3,(H,15,20). The Morgan fingerprint density at radius 2 is 2.20 bits per heavy atom. The van der Waals surface area contributed by atoms with Gasteiger partial charge in [0.1, 0.15) is 0 Å². The molecule has 0 atom stereocenters. The minimum absolute atomic E-state index is 0.0479. The van der Waals surface area contributed by atoms with Crippen molar-refractivity contribution in [1.82, 2.24) is 24.9 Å². The maximum absolute atomic E-state index is 11.8. The Morgan fingerprint density at radius 1 is 1.45 bits per heavy atom. The van der Waals surface area contributed by atoms with Crippen molar-refractivity contribution < 1.29 is 4.79 Å². The Kier molecular flexibility index (Phi) is 4.82. The van der Waals surface area contributed by atoms with Crippen LogP contribution < -0.4 is 5.32 Å². The van der Waals surface area contributed by atoms with Crippen molar-refractivity contribution in [2.75, 3.05) is 0 Å². The Balaban J connectivity index is 1.83. The van der Waals surface area contributed by atoms with E-state index >= 15 is 0 Å². The van der Waals surface area contributed by atoms with Gasteiger partial charge in [0.15, 0.2) is 0 Å². The maximum atomic E-state index is 11.8. The van der Waals surface area contributed by atoms with E-state index in [4.69, 9.17) is 11.6 Å². The van der Waals surface area contributed by atoms with Crippen molar-refractivity contribution in [3.63, 3.8) is 0 Å². The van der Waals surface area contributed by atoms with E-state index in [1.54, 1.807) is 28.8 Å². The molecular formula is C12H15BrClN5O. The lowest BCUT2D eigenvalue weighted by molar-refractivity contribution is -0.121. The number of hydrogen-bond donors (Lipinski definition) is 1. The highest BCUT2D eigenvalue weighted by Crippen LogP contribution is 2.15. The zero-order chi connectivity index (χ0) is 14.7. The molecule has 0 unspecified atom stereocenters. The molecule has 1 N–H and O–H groups in total. The van der Waals surface area contributed by atoms with Gasteiger partial charge in [-0.15, -0.1) is 0 Å². The number of aromatic nitrogens is 4. The number of carbonyl (C=O) groups is 1. The molecule has 2 heterocycles. The van der Waals surface area contributed by atoms with Crippen molar-refractivity contribution >= 4 is 33.4 Å². The van der Waals surface area contributed by atoms with Crippen molar-refractivity contribution in [3.05, 3.63) is 33.3 Å². The predicted molar refractivity (Wildman–Crippen MR) is 79.3 cm³/mol. The predicted octanol–water partition coefficient (Wildman–Crippen LogP) is 2.05. The molecule has 0 spiro atoms. The minimum Gasteiger partial charge on any atom is -0.350 e. The quantitative estimate of drug-likeness (QED) is 0.887. The van der Waals surface area contributed by atoms with Gasteiger partial charge in [-0.3, -0.25) is 14.2 Å². The number of hydrogen-bond acceptors (Lipinski definition) is 3. The molecule has 20 heavy (non-hydrogen) atoms. The van der Waals surface area contributed by atoms with E-state index in [9.17, 15) is 4.79 Å². The van der Waals surface area contributed by atoms with Crippen LogP contribution in [0.4, 0.5) is 0 Å². The number of carbonyl (C=O) groups excluding carboxylic acids is 1. The SMILES string of the molecule is Cc1c(Br)cnn1CCC(=O)NCc1c(Cl)cnn1C. The number of halogens is 2. The lowest BCUT2D eigenvalue weighted by atomic mass is 10.3. The van der Waals surface area contributed by atoms with E-state index in [1.807, 2.05) is 6.92 Å². The number of amides is 1.